The number of ketones is 1. The molecule has 0 fully saturated rings. The minimum absolute atomic E-state index is 0.133. The van der Waals surface area contributed by atoms with Crippen molar-refractivity contribution in [2.45, 2.75) is 164 Å². The molecule has 44 heavy (non-hydrogen) atoms. The van der Waals surface area contributed by atoms with Gasteiger partial charge in [-0.2, -0.15) is 5.26 Å². The van der Waals surface area contributed by atoms with Gasteiger partial charge in [0, 0.05) is 12.5 Å². The number of hydrogen-bond acceptors (Lipinski definition) is 4. The first-order valence-electron chi connectivity index (χ1n) is 17.3. The van der Waals surface area contributed by atoms with Crippen LogP contribution < -0.4 is 0 Å². The van der Waals surface area contributed by atoms with Gasteiger partial charge < -0.3 is 4.74 Å². The van der Waals surface area contributed by atoms with Gasteiger partial charge in [-0.15, -0.1) is 0 Å². The molecule has 0 aliphatic heterocycles. The molecule has 4 nitrogen and oxygen atoms in total. The topological polar surface area (TPSA) is 62.4 Å². The summed E-state index contributed by atoms with van der Waals surface area (Å²) >= 11 is 0. The number of allylic oxidation sites excluding steroid dienone is 3. The number of aliphatic imine (C=N–C) groups is 1. The fourth-order valence-corrected chi connectivity index (χ4v) is 2.70. The van der Waals surface area contributed by atoms with Gasteiger partial charge in [0.1, 0.15) is 6.07 Å². The molecule has 258 valence electrons. The minimum atomic E-state index is 0.133. The SMILES string of the molecule is C=C/C(C#N)=C(/C)N=C(C)OCC(CC)CCCC.CC.CC.CC.CC.CC(=O)c1ccc(C)c(C)c1.CCC(C)(C)C. The largest absolute Gasteiger partial charge is 0.481 e. The zero-order chi connectivity index (χ0) is 36.3. The van der Waals surface area contributed by atoms with E-state index in [1.54, 1.807) is 13.8 Å². The lowest BCUT2D eigenvalue weighted by atomic mass is 9.94. The maximum atomic E-state index is 10.9. The van der Waals surface area contributed by atoms with E-state index in [0.29, 0.717) is 35.1 Å². The van der Waals surface area contributed by atoms with Crippen molar-refractivity contribution < 1.29 is 9.53 Å². The predicted molar refractivity (Wildman–Crippen MR) is 202 cm³/mol. The van der Waals surface area contributed by atoms with Crippen molar-refractivity contribution in [3.63, 3.8) is 0 Å². The second-order valence-corrected chi connectivity index (χ2v) is 10.4. The average molecular weight is 617 g/mol. The molecule has 0 saturated carbocycles. The van der Waals surface area contributed by atoms with Gasteiger partial charge in [0.25, 0.3) is 0 Å². The highest BCUT2D eigenvalue weighted by Crippen LogP contribution is 2.16. The first kappa shape index (κ1) is 53.9. The Bertz CT molecular complexity index is 897. The van der Waals surface area contributed by atoms with Gasteiger partial charge in [-0.05, 0) is 68.7 Å². The van der Waals surface area contributed by atoms with Gasteiger partial charge in [0.2, 0.25) is 0 Å². The Morgan fingerprint density at radius 3 is 1.75 bits per heavy atom. The third-order valence-corrected chi connectivity index (χ3v) is 6.08. The standard InChI is InChI=1S/C16H26N2O.C10H12O.C6H14.4C2H6/c1-6-9-10-15(7-2)12-19-14(5)18-13(4)16(8-3)11-17;1-7-4-5-10(9(3)11)6-8(7)2;1-5-6(2,3)4;4*1-2/h8,15H,3,6-7,9-10,12H2,1-2,4-5H3;4-6H,1-3H3;5H2,1-4H3;4*1-2H3/b16-13+,18-14?;;;;;;. The number of aryl methyl sites for hydroxylation is 2. The Labute approximate surface area is 277 Å². The van der Waals surface area contributed by atoms with Crippen molar-refractivity contribution in [3.8, 4) is 6.07 Å². The number of Topliss-reactive ketones (excluding diaryl/α,β-unsaturated/α-hetero) is 1. The van der Waals surface area contributed by atoms with E-state index in [4.69, 9.17) is 10.00 Å². The number of carbonyl (C=O) groups is 1. The molecule has 0 aromatic heterocycles. The third kappa shape index (κ3) is 35.5. The van der Waals surface area contributed by atoms with E-state index in [1.165, 1.54) is 42.9 Å². The molecule has 0 saturated heterocycles. The highest BCUT2D eigenvalue weighted by atomic mass is 16.5. The van der Waals surface area contributed by atoms with Crippen LogP contribution in [0.4, 0.5) is 0 Å². The molecule has 0 amide bonds. The van der Waals surface area contributed by atoms with Crippen LogP contribution in [-0.2, 0) is 4.74 Å². The van der Waals surface area contributed by atoms with Crippen LogP contribution >= 0.6 is 0 Å². The Morgan fingerprint density at radius 2 is 1.43 bits per heavy atom. The number of benzene rings is 1. The van der Waals surface area contributed by atoms with Crippen LogP contribution in [0.15, 0.2) is 47.1 Å². The summed E-state index contributed by atoms with van der Waals surface area (Å²) in [5.41, 5.74) is 4.89. The second kappa shape index (κ2) is 38.4. The van der Waals surface area contributed by atoms with Crippen LogP contribution in [0.2, 0.25) is 0 Å². The van der Waals surface area contributed by atoms with Crippen LogP contribution in [0.5, 0.6) is 0 Å². The number of rotatable bonds is 9. The zero-order valence-corrected chi connectivity index (χ0v) is 33.0. The number of hydrogen-bond donors (Lipinski definition) is 0. The Hall–Kier alpha value is -2.67. The van der Waals surface area contributed by atoms with E-state index in [0.717, 1.165) is 12.0 Å². The summed E-state index contributed by atoms with van der Waals surface area (Å²) in [4.78, 5) is 15.2. The van der Waals surface area contributed by atoms with Crippen molar-refractivity contribution in [3.05, 3.63) is 58.8 Å². The fourth-order valence-electron chi connectivity index (χ4n) is 2.70. The summed E-state index contributed by atoms with van der Waals surface area (Å²) in [7, 11) is 0. The maximum absolute atomic E-state index is 10.9. The van der Waals surface area contributed by atoms with Gasteiger partial charge in [-0.1, -0.05) is 141 Å². The van der Waals surface area contributed by atoms with Gasteiger partial charge in [-0.25, -0.2) is 4.99 Å². The van der Waals surface area contributed by atoms with Crippen molar-refractivity contribution in [2.75, 3.05) is 6.61 Å². The van der Waals surface area contributed by atoms with Gasteiger partial charge in [0.05, 0.1) is 17.9 Å². The van der Waals surface area contributed by atoms with Crippen LogP contribution in [0.1, 0.15) is 171 Å². The van der Waals surface area contributed by atoms with Gasteiger partial charge in [0.15, 0.2) is 11.7 Å². The molecule has 0 aliphatic carbocycles. The van der Waals surface area contributed by atoms with Crippen LogP contribution in [0.25, 0.3) is 0 Å². The molecular weight excluding hydrogens is 540 g/mol. The molecule has 0 N–H and O–H groups in total. The fraction of sp³-hybridized carbons (Fsp3) is 0.675. The molecule has 1 aromatic carbocycles. The van der Waals surface area contributed by atoms with Crippen molar-refractivity contribution in [1.82, 2.24) is 0 Å². The molecule has 0 bridgehead atoms. The number of nitriles is 1. The normalized spacial score (nSPS) is 10.8. The number of unbranched alkanes of at least 4 members (excludes halogenated alkanes) is 1. The van der Waals surface area contributed by atoms with Crippen molar-refractivity contribution >= 4 is 11.7 Å². The molecule has 0 heterocycles. The van der Waals surface area contributed by atoms with E-state index < -0.39 is 0 Å². The molecule has 1 rings (SSSR count). The van der Waals surface area contributed by atoms with E-state index in [9.17, 15) is 4.79 Å². The van der Waals surface area contributed by atoms with E-state index in [1.807, 2.05) is 94.4 Å². The first-order valence-corrected chi connectivity index (χ1v) is 17.3. The second-order valence-electron chi connectivity index (χ2n) is 10.4. The van der Waals surface area contributed by atoms with Gasteiger partial charge in [-0.3, -0.25) is 4.79 Å². The zero-order valence-electron chi connectivity index (χ0n) is 33.0. The number of ether oxygens (including phenoxy) is 1. The van der Waals surface area contributed by atoms with E-state index in [2.05, 4.69) is 59.2 Å². The number of nitrogens with zero attached hydrogens (tertiary/aromatic N) is 2. The molecule has 0 aliphatic rings. The van der Waals surface area contributed by atoms with Crippen molar-refractivity contribution in [1.29, 1.82) is 5.26 Å². The lowest BCUT2D eigenvalue weighted by Crippen LogP contribution is -2.12. The highest BCUT2D eigenvalue weighted by molar-refractivity contribution is 5.94. The quantitative estimate of drug-likeness (QED) is 0.0911. The summed E-state index contributed by atoms with van der Waals surface area (Å²) < 4.78 is 5.67. The summed E-state index contributed by atoms with van der Waals surface area (Å²) in [6.07, 6.45) is 7.57. The third-order valence-electron chi connectivity index (χ3n) is 6.08. The lowest BCUT2D eigenvalue weighted by molar-refractivity contribution is 0.101. The average Bonchev–Trinajstić information content (AvgIpc) is 3.03. The molecule has 4 heteroatoms. The van der Waals surface area contributed by atoms with Gasteiger partial charge >= 0.3 is 0 Å². The summed E-state index contributed by atoms with van der Waals surface area (Å²) in [6, 6.07) is 7.83. The molecule has 0 spiro atoms. The van der Waals surface area contributed by atoms with Crippen molar-refractivity contribution in [2.24, 2.45) is 16.3 Å². The van der Waals surface area contributed by atoms with E-state index >= 15 is 0 Å². The lowest BCUT2D eigenvalue weighted by Gasteiger charge is -2.15. The highest BCUT2D eigenvalue weighted by Gasteiger charge is 2.07. The number of carbonyl (C=O) groups excluding carboxylic acids is 1. The Kier molecular flexibility index (Phi) is 46.9. The minimum Gasteiger partial charge on any atom is -0.481 e. The summed E-state index contributed by atoms with van der Waals surface area (Å²) in [5.74, 6) is 1.33. The molecule has 1 aromatic rings. The maximum Gasteiger partial charge on any atom is 0.184 e. The summed E-state index contributed by atoms with van der Waals surface area (Å²) in [6.45, 7) is 42.9. The van der Waals surface area contributed by atoms with E-state index in [-0.39, 0.29) is 5.78 Å². The summed E-state index contributed by atoms with van der Waals surface area (Å²) in [5, 5.41) is 8.87. The Morgan fingerprint density at radius 1 is 0.955 bits per heavy atom. The molecule has 0 radical (unpaired) electrons. The Balaban J connectivity index is -0.000000122. The predicted octanol–water partition coefficient (Wildman–Crippen LogP) is 13.7. The smallest absolute Gasteiger partial charge is 0.184 e. The molecule has 1 atom stereocenters. The van der Waals surface area contributed by atoms with Crippen LogP contribution in [0, 0.1) is 36.5 Å². The molecular formula is C40H76N2O2. The van der Waals surface area contributed by atoms with Crippen LogP contribution in [0.3, 0.4) is 0 Å². The van der Waals surface area contributed by atoms with Crippen LogP contribution in [-0.4, -0.2) is 18.3 Å². The monoisotopic (exact) mass is 617 g/mol. The first-order chi connectivity index (χ1) is 20.8. The molecule has 1 unspecified atom stereocenters.